The van der Waals surface area contributed by atoms with Crippen molar-refractivity contribution in [3.05, 3.63) is 99.8 Å². The minimum atomic E-state index is -4.52. The molecule has 0 saturated heterocycles. The highest BCUT2D eigenvalue weighted by Gasteiger charge is 2.44. The van der Waals surface area contributed by atoms with Gasteiger partial charge in [0.15, 0.2) is 0 Å². The van der Waals surface area contributed by atoms with Crippen LogP contribution in [0.15, 0.2) is 66.9 Å². The molecule has 0 radical (unpaired) electrons. The number of aromatic nitrogens is 1. The topological polar surface area (TPSA) is 42.0 Å². The Bertz CT molecular complexity index is 1110. The Hall–Kier alpha value is -2.86. The second-order valence-electron chi connectivity index (χ2n) is 8.17. The maximum Gasteiger partial charge on any atom is 0.416 e. The number of amides is 1. The molecule has 4 rings (SSSR count). The van der Waals surface area contributed by atoms with Crippen molar-refractivity contribution in [3.63, 3.8) is 0 Å². The number of carbonyl (C=O) groups is 1. The molecule has 2 aromatic carbocycles. The lowest BCUT2D eigenvalue weighted by atomic mass is 9.77. The quantitative estimate of drug-likeness (QED) is 0.486. The molecule has 3 nitrogen and oxygen atoms in total. The van der Waals surface area contributed by atoms with Crippen molar-refractivity contribution in [2.24, 2.45) is 5.92 Å². The number of pyridine rings is 1. The molecule has 0 aliphatic heterocycles. The largest absolute Gasteiger partial charge is 0.416 e. The minimum absolute atomic E-state index is 0.0591. The van der Waals surface area contributed by atoms with E-state index >= 15 is 0 Å². The number of benzene rings is 2. The van der Waals surface area contributed by atoms with Crippen LogP contribution in [-0.2, 0) is 22.9 Å². The molecule has 1 N–H and O–H groups in total. The van der Waals surface area contributed by atoms with Crippen molar-refractivity contribution in [1.29, 1.82) is 0 Å². The summed E-state index contributed by atoms with van der Waals surface area (Å²) in [5.74, 6) is -0.321. The van der Waals surface area contributed by atoms with Gasteiger partial charge < -0.3 is 5.32 Å². The van der Waals surface area contributed by atoms with Gasteiger partial charge in [0, 0.05) is 18.5 Å². The molecular weight excluding hydrogens is 437 g/mol. The molecule has 7 heteroatoms. The monoisotopic (exact) mass is 458 g/mol. The van der Waals surface area contributed by atoms with Gasteiger partial charge in [0.05, 0.1) is 16.3 Å². The Labute approximate surface area is 189 Å². The van der Waals surface area contributed by atoms with Gasteiger partial charge >= 0.3 is 6.18 Å². The molecule has 0 bridgehead atoms. The zero-order valence-corrected chi connectivity index (χ0v) is 18.2. The number of halogens is 4. The summed E-state index contributed by atoms with van der Waals surface area (Å²) in [6.45, 7) is 1.44. The van der Waals surface area contributed by atoms with Gasteiger partial charge in [-0.3, -0.25) is 9.78 Å². The molecule has 1 aliphatic rings. The summed E-state index contributed by atoms with van der Waals surface area (Å²) < 4.78 is 41.3. The molecule has 3 aromatic rings. The molecule has 0 spiro atoms. The number of hydrogen-bond donors (Lipinski definition) is 1. The fourth-order valence-electron chi connectivity index (χ4n) is 4.09. The molecule has 1 saturated carbocycles. The van der Waals surface area contributed by atoms with E-state index in [1.165, 1.54) is 19.2 Å². The molecule has 1 aliphatic carbocycles. The average Bonchev–Trinajstić information content (AvgIpc) is 3.59. The van der Waals surface area contributed by atoms with E-state index in [1.54, 1.807) is 18.2 Å². The third-order valence-electron chi connectivity index (χ3n) is 5.86. The van der Waals surface area contributed by atoms with Crippen LogP contribution in [0.3, 0.4) is 0 Å². The number of alkyl halides is 3. The maximum atomic E-state index is 13.8. The summed E-state index contributed by atoms with van der Waals surface area (Å²) in [7, 11) is 0. The summed E-state index contributed by atoms with van der Waals surface area (Å²) in [6, 6.07) is 16.7. The third-order valence-corrected chi connectivity index (χ3v) is 6.08. The van der Waals surface area contributed by atoms with Gasteiger partial charge in [0.1, 0.15) is 5.54 Å². The van der Waals surface area contributed by atoms with Gasteiger partial charge in [0.2, 0.25) is 5.91 Å². The fourth-order valence-corrected chi connectivity index (χ4v) is 4.20. The molecule has 0 unspecified atom stereocenters. The van der Waals surface area contributed by atoms with Crippen molar-refractivity contribution in [1.82, 2.24) is 10.3 Å². The first kappa shape index (κ1) is 22.3. The van der Waals surface area contributed by atoms with Gasteiger partial charge in [-0.05, 0) is 54.7 Å². The van der Waals surface area contributed by atoms with Gasteiger partial charge in [-0.2, -0.15) is 13.2 Å². The van der Waals surface area contributed by atoms with Crippen LogP contribution < -0.4 is 5.32 Å². The Kier molecular flexibility index (Phi) is 5.99. The van der Waals surface area contributed by atoms with Crippen LogP contribution in [-0.4, -0.2) is 10.9 Å². The highest BCUT2D eigenvalue weighted by atomic mass is 35.5. The Morgan fingerprint density at radius 2 is 1.72 bits per heavy atom. The van der Waals surface area contributed by atoms with E-state index in [-0.39, 0.29) is 23.8 Å². The van der Waals surface area contributed by atoms with E-state index in [1.807, 2.05) is 30.3 Å². The van der Waals surface area contributed by atoms with Crippen molar-refractivity contribution < 1.29 is 18.0 Å². The average molecular weight is 459 g/mol. The smallest absolute Gasteiger partial charge is 0.340 e. The summed E-state index contributed by atoms with van der Waals surface area (Å²) in [5, 5.41) is 3.50. The van der Waals surface area contributed by atoms with E-state index < -0.39 is 17.3 Å². The molecule has 32 heavy (non-hydrogen) atoms. The van der Waals surface area contributed by atoms with Crippen LogP contribution in [0.2, 0.25) is 5.02 Å². The standard InChI is InChI=1S/C25H22ClF3N2O/c1-16-20(8-5-9-21(16)25(27,28)29)24(31-23(32)18-10-11-18,14-17-6-3-2-4-7-17)22-13-12-19(26)15-30-22/h2-9,12-13,15,18H,10-11,14H2,1H3,(H,31,32)/t24-/m1/s1. The molecule has 1 aromatic heterocycles. The second kappa shape index (κ2) is 8.58. The second-order valence-corrected chi connectivity index (χ2v) is 8.61. The van der Waals surface area contributed by atoms with Crippen LogP contribution in [0.25, 0.3) is 0 Å². The molecule has 1 atom stereocenters. The van der Waals surface area contributed by atoms with Crippen molar-refractivity contribution in [2.75, 3.05) is 0 Å². The highest BCUT2D eigenvalue weighted by molar-refractivity contribution is 6.30. The zero-order chi connectivity index (χ0) is 22.9. The number of carbonyl (C=O) groups excluding carboxylic acids is 1. The van der Waals surface area contributed by atoms with E-state index in [0.717, 1.165) is 24.5 Å². The number of rotatable bonds is 6. The van der Waals surface area contributed by atoms with Gasteiger partial charge in [-0.25, -0.2) is 0 Å². The molecule has 1 heterocycles. The van der Waals surface area contributed by atoms with E-state index in [0.29, 0.717) is 16.3 Å². The lowest BCUT2D eigenvalue weighted by molar-refractivity contribution is -0.138. The number of nitrogens with zero attached hydrogens (tertiary/aromatic N) is 1. The van der Waals surface area contributed by atoms with E-state index in [9.17, 15) is 18.0 Å². The molecule has 166 valence electrons. The van der Waals surface area contributed by atoms with Crippen molar-refractivity contribution in [2.45, 2.75) is 37.9 Å². The zero-order valence-electron chi connectivity index (χ0n) is 17.4. The van der Waals surface area contributed by atoms with Gasteiger partial charge in [-0.15, -0.1) is 0 Å². The number of nitrogens with one attached hydrogen (secondary N) is 1. The third kappa shape index (κ3) is 4.51. The van der Waals surface area contributed by atoms with Crippen LogP contribution in [0.5, 0.6) is 0 Å². The van der Waals surface area contributed by atoms with Gasteiger partial charge in [0.25, 0.3) is 0 Å². The Balaban J connectivity index is 1.97. The predicted molar refractivity (Wildman–Crippen MR) is 117 cm³/mol. The Morgan fingerprint density at radius 1 is 1.03 bits per heavy atom. The molecular formula is C25H22ClF3N2O. The fraction of sp³-hybridized carbons (Fsp3) is 0.280. The van der Waals surface area contributed by atoms with E-state index in [2.05, 4.69) is 10.3 Å². The Morgan fingerprint density at radius 3 is 2.31 bits per heavy atom. The van der Waals surface area contributed by atoms with Crippen LogP contribution >= 0.6 is 11.6 Å². The summed E-state index contributed by atoms with van der Waals surface area (Å²) in [5.41, 5.74) is -0.318. The normalized spacial score (nSPS) is 15.8. The number of hydrogen-bond acceptors (Lipinski definition) is 2. The lowest BCUT2D eigenvalue weighted by Crippen LogP contribution is -2.50. The molecule has 1 amide bonds. The lowest BCUT2D eigenvalue weighted by Gasteiger charge is -2.37. The van der Waals surface area contributed by atoms with Crippen LogP contribution in [0, 0.1) is 12.8 Å². The van der Waals surface area contributed by atoms with Crippen molar-refractivity contribution >= 4 is 17.5 Å². The van der Waals surface area contributed by atoms with Gasteiger partial charge in [-0.1, -0.05) is 54.1 Å². The van der Waals surface area contributed by atoms with Crippen LogP contribution in [0.1, 0.15) is 40.8 Å². The summed E-state index contributed by atoms with van der Waals surface area (Å²) >= 11 is 6.05. The first-order chi connectivity index (χ1) is 15.2. The maximum absolute atomic E-state index is 13.8. The summed E-state index contributed by atoms with van der Waals surface area (Å²) in [4.78, 5) is 17.5. The van der Waals surface area contributed by atoms with Crippen molar-refractivity contribution in [3.8, 4) is 0 Å². The molecule has 1 fully saturated rings. The first-order valence-electron chi connectivity index (χ1n) is 10.4. The summed E-state index contributed by atoms with van der Waals surface area (Å²) in [6.07, 6.45) is -1.30. The van der Waals surface area contributed by atoms with Crippen LogP contribution in [0.4, 0.5) is 13.2 Å². The highest BCUT2D eigenvalue weighted by Crippen LogP contribution is 2.41. The SMILES string of the molecule is Cc1c(C(F)(F)F)cccc1[C@@](Cc1ccccc1)(NC(=O)C1CC1)c1ccc(Cl)cn1. The predicted octanol–water partition coefficient (Wildman–Crippen LogP) is 6.07. The minimum Gasteiger partial charge on any atom is -0.340 e. The first-order valence-corrected chi connectivity index (χ1v) is 10.7. The van der Waals surface area contributed by atoms with E-state index in [4.69, 9.17) is 11.6 Å².